The van der Waals surface area contributed by atoms with Crippen LogP contribution in [0, 0.1) is 12.4 Å². The summed E-state index contributed by atoms with van der Waals surface area (Å²) in [5.74, 6) is -0.271. The van der Waals surface area contributed by atoms with Crippen molar-refractivity contribution < 1.29 is 29.2 Å². The molecule has 3 unspecified atom stereocenters. The van der Waals surface area contributed by atoms with Gasteiger partial charge in [0.2, 0.25) is 11.8 Å². The molecule has 0 amide bonds. The van der Waals surface area contributed by atoms with Crippen LogP contribution in [0.15, 0.2) is 60.7 Å². The van der Waals surface area contributed by atoms with Crippen molar-refractivity contribution in [3.8, 4) is 23.2 Å². The third-order valence-corrected chi connectivity index (χ3v) is 7.47. The Morgan fingerprint density at radius 3 is 2.47 bits per heavy atom. The van der Waals surface area contributed by atoms with Gasteiger partial charge in [0.25, 0.3) is 0 Å². The van der Waals surface area contributed by atoms with Gasteiger partial charge in [-0.3, -0.25) is 4.57 Å². The number of aliphatic hydroxyl groups excluding tert-OH is 1. The Hall–Kier alpha value is -4.06. The molecule has 3 N–H and O–H groups in total. The van der Waals surface area contributed by atoms with E-state index in [1.807, 2.05) is 24.3 Å². The summed E-state index contributed by atoms with van der Waals surface area (Å²) in [5.41, 5.74) is -0.550. The van der Waals surface area contributed by atoms with Gasteiger partial charge in [0.15, 0.2) is 5.69 Å². The molecule has 1 fully saturated rings. The molecular formula is C28H23FN2O5. The molecule has 6 rings (SSSR count). The first-order valence-electron chi connectivity index (χ1n) is 11.6. The molecule has 8 heteroatoms. The molecule has 3 atom stereocenters. The summed E-state index contributed by atoms with van der Waals surface area (Å²) in [6.45, 7) is 9.37. The quantitative estimate of drug-likeness (QED) is 0.329. The molecule has 2 aliphatic heterocycles. The van der Waals surface area contributed by atoms with Gasteiger partial charge >= 0.3 is 0 Å². The molecule has 2 aliphatic rings. The first kappa shape index (κ1) is 22.4. The molecule has 7 nitrogen and oxygen atoms in total. The monoisotopic (exact) mass is 486 g/mol. The zero-order valence-corrected chi connectivity index (χ0v) is 19.4. The van der Waals surface area contributed by atoms with E-state index in [2.05, 4.69) is 4.85 Å². The van der Waals surface area contributed by atoms with Gasteiger partial charge in [0.05, 0.1) is 36.1 Å². The zero-order chi connectivity index (χ0) is 25.2. The number of rotatable bonds is 5. The molecule has 3 aromatic carbocycles. The zero-order valence-electron chi connectivity index (χ0n) is 19.4. The minimum absolute atomic E-state index is 0.180. The van der Waals surface area contributed by atoms with Crippen LogP contribution in [-0.4, -0.2) is 32.6 Å². The fourth-order valence-electron chi connectivity index (χ4n) is 5.77. The largest absolute Gasteiger partial charge is 0.494 e. The Labute approximate surface area is 206 Å². The number of aromatic nitrogens is 1. The van der Waals surface area contributed by atoms with Crippen LogP contribution in [0.5, 0.6) is 17.5 Å². The number of fused-ring (bicyclic) bond motifs is 6. The number of hydrogen-bond donors (Lipinski definition) is 3. The Morgan fingerprint density at radius 1 is 1.06 bits per heavy atom. The van der Waals surface area contributed by atoms with E-state index in [1.54, 1.807) is 19.1 Å². The smallest absolute Gasteiger partial charge is 0.205 e. The lowest BCUT2D eigenvalue weighted by atomic mass is 9.76. The van der Waals surface area contributed by atoms with Crippen LogP contribution in [0.3, 0.4) is 0 Å². The minimum atomic E-state index is -1.22. The maximum atomic E-state index is 13.2. The van der Waals surface area contributed by atoms with E-state index in [0.29, 0.717) is 45.4 Å². The standard InChI is InChI=1S/C28H23FN2O5/c1-27-22(32)15-28(36-27,13-14-35-17-9-7-16(29)8-10-17)24-23(27)25(33)31(26(24)34)21-12-11-20(30-2)18-5-3-4-6-19(18)21/h3-12,22,32-34H,13-15H2,1H3. The second-order valence-corrected chi connectivity index (χ2v) is 9.47. The number of benzene rings is 3. The first-order chi connectivity index (χ1) is 17.3. The molecule has 0 spiro atoms. The van der Waals surface area contributed by atoms with Gasteiger partial charge in [0.1, 0.15) is 22.8 Å². The second kappa shape index (κ2) is 7.72. The van der Waals surface area contributed by atoms with Gasteiger partial charge in [-0.25, -0.2) is 9.24 Å². The molecule has 2 bridgehead atoms. The molecule has 0 radical (unpaired) electrons. The van der Waals surface area contributed by atoms with Gasteiger partial charge < -0.3 is 24.8 Å². The number of halogens is 1. The van der Waals surface area contributed by atoms with Gasteiger partial charge in [-0.1, -0.05) is 30.3 Å². The van der Waals surface area contributed by atoms with Crippen LogP contribution in [0.1, 0.15) is 30.9 Å². The fourth-order valence-corrected chi connectivity index (χ4v) is 5.77. The number of aliphatic hydroxyl groups is 1. The molecular weight excluding hydrogens is 463 g/mol. The van der Waals surface area contributed by atoms with Gasteiger partial charge in [-0.2, -0.15) is 0 Å². The predicted octanol–water partition coefficient (Wildman–Crippen LogP) is 5.41. The number of hydrogen-bond acceptors (Lipinski definition) is 5. The van der Waals surface area contributed by atoms with Crippen molar-refractivity contribution in [2.24, 2.45) is 0 Å². The van der Waals surface area contributed by atoms with E-state index in [-0.39, 0.29) is 30.6 Å². The van der Waals surface area contributed by atoms with Crippen molar-refractivity contribution in [3.63, 3.8) is 0 Å². The van der Waals surface area contributed by atoms with Crippen molar-refractivity contribution in [3.05, 3.63) is 89.0 Å². The average molecular weight is 486 g/mol. The van der Waals surface area contributed by atoms with E-state index in [9.17, 15) is 19.7 Å². The first-order valence-corrected chi connectivity index (χ1v) is 11.6. The highest BCUT2D eigenvalue weighted by atomic mass is 19.1. The third-order valence-electron chi connectivity index (χ3n) is 7.47. The van der Waals surface area contributed by atoms with E-state index < -0.39 is 17.3 Å². The third kappa shape index (κ3) is 2.97. The number of ether oxygens (including phenoxy) is 2. The van der Waals surface area contributed by atoms with Crippen molar-refractivity contribution in [2.75, 3.05) is 6.61 Å². The van der Waals surface area contributed by atoms with Gasteiger partial charge in [0, 0.05) is 12.8 Å². The lowest BCUT2D eigenvalue weighted by Crippen LogP contribution is -2.33. The Bertz CT molecular complexity index is 1560. The Balaban J connectivity index is 1.45. The van der Waals surface area contributed by atoms with E-state index in [0.717, 1.165) is 0 Å². The maximum absolute atomic E-state index is 13.2. The topological polar surface area (TPSA) is 88.4 Å². The summed E-state index contributed by atoms with van der Waals surface area (Å²) >= 11 is 0. The highest BCUT2D eigenvalue weighted by molar-refractivity contribution is 6.00. The lowest BCUT2D eigenvalue weighted by molar-refractivity contribution is -0.107. The highest BCUT2D eigenvalue weighted by Gasteiger charge is 2.66. The highest BCUT2D eigenvalue weighted by Crippen LogP contribution is 2.65. The van der Waals surface area contributed by atoms with Crippen LogP contribution >= 0.6 is 0 Å². The number of aromatic hydroxyl groups is 2. The van der Waals surface area contributed by atoms with Crippen molar-refractivity contribution in [1.82, 2.24) is 4.57 Å². The molecule has 4 aromatic rings. The molecule has 1 aromatic heterocycles. The summed E-state index contributed by atoms with van der Waals surface area (Å²) in [7, 11) is 0. The van der Waals surface area contributed by atoms with Crippen LogP contribution in [0.2, 0.25) is 0 Å². The van der Waals surface area contributed by atoms with Crippen LogP contribution in [0.25, 0.3) is 21.3 Å². The van der Waals surface area contributed by atoms with Crippen molar-refractivity contribution in [2.45, 2.75) is 37.1 Å². The summed E-state index contributed by atoms with van der Waals surface area (Å²) in [6.07, 6.45) is -0.394. The Morgan fingerprint density at radius 2 is 1.75 bits per heavy atom. The van der Waals surface area contributed by atoms with Crippen LogP contribution in [-0.2, 0) is 15.9 Å². The summed E-state index contributed by atoms with van der Waals surface area (Å²) < 4.78 is 26.7. The summed E-state index contributed by atoms with van der Waals surface area (Å²) in [5, 5.41) is 35.2. The predicted molar refractivity (Wildman–Crippen MR) is 130 cm³/mol. The van der Waals surface area contributed by atoms with Crippen molar-refractivity contribution >= 4 is 16.5 Å². The van der Waals surface area contributed by atoms with Gasteiger partial charge in [-0.05, 0) is 48.0 Å². The molecule has 0 saturated carbocycles. The second-order valence-electron chi connectivity index (χ2n) is 9.47. The molecule has 0 aliphatic carbocycles. The fraction of sp³-hybridized carbons (Fsp3) is 0.250. The summed E-state index contributed by atoms with van der Waals surface area (Å²) in [6, 6.07) is 16.3. The van der Waals surface area contributed by atoms with Crippen LogP contribution in [0.4, 0.5) is 10.1 Å². The van der Waals surface area contributed by atoms with E-state index >= 15 is 0 Å². The average Bonchev–Trinajstić information content (AvgIpc) is 3.41. The molecule has 1 saturated heterocycles. The normalized spacial score (nSPS) is 24.1. The van der Waals surface area contributed by atoms with E-state index in [4.69, 9.17) is 16.0 Å². The SMILES string of the molecule is [C-]#[N+]c1ccc(-n2c(O)c3c(c2O)C2(C)OC3(CCOc3ccc(F)cc3)CC2O)c2ccccc12. The minimum Gasteiger partial charge on any atom is -0.494 e. The molecule has 3 heterocycles. The number of nitrogens with zero attached hydrogens (tertiary/aromatic N) is 2. The van der Waals surface area contributed by atoms with E-state index in [1.165, 1.54) is 28.8 Å². The summed E-state index contributed by atoms with van der Waals surface area (Å²) in [4.78, 5) is 3.59. The lowest BCUT2D eigenvalue weighted by Gasteiger charge is -2.26. The molecule has 36 heavy (non-hydrogen) atoms. The maximum Gasteiger partial charge on any atom is 0.205 e. The molecule has 182 valence electrons. The van der Waals surface area contributed by atoms with Crippen molar-refractivity contribution in [1.29, 1.82) is 0 Å². The van der Waals surface area contributed by atoms with Crippen LogP contribution < -0.4 is 4.74 Å². The Kier molecular flexibility index (Phi) is 4.80. The van der Waals surface area contributed by atoms with Gasteiger partial charge in [-0.15, -0.1) is 0 Å².